The molecule has 2 N–H and O–H groups in total. The van der Waals surface area contributed by atoms with Crippen LogP contribution in [-0.4, -0.2) is 50.9 Å². The van der Waals surface area contributed by atoms with Crippen molar-refractivity contribution in [3.05, 3.63) is 47.4 Å². The molecule has 5 rings (SSSR count). The Kier molecular flexibility index (Phi) is 6.59. The van der Waals surface area contributed by atoms with E-state index >= 15 is 4.39 Å². The second-order valence-corrected chi connectivity index (χ2v) is 10.5. The number of aromatic nitrogens is 4. The zero-order chi connectivity index (χ0) is 26.4. The molecule has 2 fully saturated rings. The minimum Gasteiger partial charge on any atom is -0.347 e. The van der Waals surface area contributed by atoms with Crippen LogP contribution in [0.1, 0.15) is 33.4 Å². The summed E-state index contributed by atoms with van der Waals surface area (Å²) in [7, 11) is 0. The van der Waals surface area contributed by atoms with Crippen molar-refractivity contribution in [2.24, 2.45) is 5.92 Å². The number of aryl methyl sites for hydroxylation is 1. The van der Waals surface area contributed by atoms with Gasteiger partial charge in [-0.3, -0.25) is 9.89 Å². The average molecular weight is 543 g/mol. The normalized spacial score (nSPS) is 17.0. The Morgan fingerprint density at radius 2 is 1.95 bits per heavy atom. The predicted octanol–water partition coefficient (Wildman–Crippen LogP) is 6.04. The number of nitrogens with zero attached hydrogens (tertiary/aromatic N) is 4. The van der Waals surface area contributed by atoms with Crippen molar-refractivity contribution in [1.82, 2.24) is 20.2 Å². The molecule has 1 aliphatic carbocycles. The minimum absolute atomic E-state index is 0. The minimum atomic E-state index is -4.54. The Balaban J connectivity index is 0.00000210. The molecule has 0 unspecified atom stereocenters. The lowest BCUT2D eigenvalue weighted by Gasteiger charge is -2.45. The molecule has 1 aliphatic heterocycles. The number of carbonyl (C=O) groups is 1. The molecule has 1 saturated carbocycles. The van der Waals surface area contributed by atoms with E-state index in [2.05, 4.69) is 25.5 Å². The van der Waals surface area contributed by atoms with Gasteiger partial charge >= 0.3 is 6.18 Å². The number of ketones is 1. The highest BCUT2D eigenvalue weighted by atomic mass is 32.2. The van der Waals surface area contributed by atoms with Crippen molar-refractivity contribution >= 4 is 35.0 Å². The van der Waals surface area contributed by atoms with Crippen molar-refractivity contribution < 1.29 is 29.6 Å². The first-order valence-corrected chi connectivity index (χ1v) is 12.4. The van der Waals surface area contributed by atoms with E-state index in [9.17, 15) is 22.4 Å². The van der Waals surface area contributed by atoms with Crippen molar-refractivity contribution in [3.8, 4) is 0 Å². The molecule has 1 saturated heterocycles. The zero-order valence-electron chi connectivity index (χ0n) is 19.7. The Hall–Kier alpha value is -3.22. The fraction of sp³-hybridized carbons (Fsp3) is 0.417. The smallest absolute Gasteiger partial charge is 0.347 e. The van der Waals surface area contributed by atoms with Crippen LogP contribution in [-0.2, 0) is 11.2 Å². The van der Waals surface area contributed by atoms with Crippen LogP contribution in [0, 0.1) is 18.7 Å². The molecule has 0 amide bonds. The predicted molar refractivity (Wildman–Crippen MR) is 132 cm³/mol. The summed E-state index contributed by atoms with van der Waals surface area (Å²) < 4.78 is 67.6. The van der Waals surface area contributed by atoms with E-state index in [1.165, 1.54) is 0 Å². The van der Waals surface area contributed by atoms with Crippen LogP contribution in [0.25, 0.3) is 0 Å². The maximum atomic E-state index is 15.4. The topological polar surface area (TPSA) is 86.8 Å². The Labute approximate surface area is 216 Å². The van der Waals surface area contributed by atoms with Crippen LogP contribution in [0.15, 0.2) is 40.4 Å². The number of rotatable bonds is 9. The number of carbonyl (C=O) groups excluding carboxylic acids is 1. The molecule has 0 atom stereocenters. The van der Waals surface area contributed by atoms with Gasteiger partial charge < -0.3 is 10.2 Å². The Morgan fingerprint density at radius 1 is 1.24 bits per heavy atom. The van der Waals surface area contributed by atoms with E-state index in [4.69, 9.17) is 0 Å². The van der Waals surface area contributed by atoms with Gasteiger partial charge in [0.15, 0.2) is 22.6 Å². The lowest BCUT2D eigenvalue weighted by molar-refractivity contribution is -0.151. The molecule has 13 heteroatoms. The van der Waals surface area contributed by atoms with E-state index < -0.39 is 29.9 Å². The quantitative estimate of drug-likeness (QED) is 0.252. The molecular weight excluding hydrogens is 515 g/mol. The number of benzene rings is 1. The highest BCUT2D eigenvalue weighted by Crippen LogP contribution is 2.48. The molecule has 3 aromatic rings. The second-order valence-electron chi connectivity index (χ2n) is 9.47. The van der Waals surface area contributed by atoms with Crippen LogP contribution >= 0.6 is 11.8 Å². The third-order valence-electron chi connectivity index (χ3n) is 6.21. The molecule has 0 radical (unpaired) electrons. The molecule has 1 aromatic carbocycles. The fourth-order valence-corrected chi connectivity index (χ4v) is 5.00. The van der Waals surface area contributed by atoms with Crippen molar-refractivity contribution in [2.75, 3.05) is 23.3 Å². The van der Waals surface area contributed by atoms with Gasteiger partial charge in [0, 0.05) is 25.9 Å². The largest absolute Gasteiger partial charge is 0.395 e. The number of hydrogen-bond acceptors (Lipinski definition) is 7. The summed E-state index contributed by atoms with van der Waals surface area (Å²) in [5.74, 6) is -1.42. The van der Waals surface area contributed by atoms with Crippen LogP contribution in [0.2, 0.25) is 0 Å². The zero-order valence-corrected chi connectivity index (χ0v) is 20.5. The van der Waals surface area contributed by atoms with Gasteiger partial charge in [0.1, 0.15) is 17.9 Å². The highest BCUT2D eigenvalue weighted by molar-refractivity contribution is 7.99. The first-order chi connectivity index (χ1) is 17.5. The van der Waals surface area contributed by atoms with Gasteiger partial charge in [-0.1, -0.05) is 12.1 Å². The maximum absolute atomic E-state index is 15.4. The summed E-state index contributed by atoms with van der Waals surface area (Å²) >= 11 is 1.11. The molecule has 200 valence electrons. The Morgan fingerprint density at radius 3 is 2.54 bits per heavy atom. The first kappa shape index (κ1) is 25.4. The van der Waals surface area contributed by atoms with Crippen molar-refractivity contribution in [3.63, 3.8) is 0 Å². The van der Waals surface area contributed by atoms with Crippen LogP contribution < -0.4 is 10.2 Å². The monoisotopic (exact) mass is 542 g/mol. The van der Waals surface area contributed by atoms with E-state index in [0.717, 1.165) is 30.3 Å². The van der Waals surface area contributed by atoms with E-state index in [1.807, 2.05) is 0 Å². The summed E-state index contributed by atoms with van der Waals surface area (Å²) in [6.45, 7) is 1.90. The summed E-state index contributed by atoms with van der Waals surface area (Å²) in [5, 5.41) is 9.82. The second kappa shape index (κ2) is 9.58. The van der Waals surface area contributed by atoms with Gasteiger partial charge in [0.05, 0.1) is 13.1 Å². The molecule has 0 spiro atoms. The summed E-state index contributed by atoms with van der Waals surface area (Å²) in [4.78, 5) is 22.4. The Bertz CT molecular complexity index is 1310. The lowest BCUT2D eigenvalue weighted by Crippen LogP contribution is -2.61. The van der Waals surface area contributed by atoms with Crippen LogP contribution in [0.3, 0.4) is 0 Å². The van der Waals surface area contributed by atoms with Crippen LogP contribution in [0.4, 0.5) is 39.4 Å². The lowest BCUT2D eigenvalue weighted by atomic mass is 9.91. The molecular formula is C24H27F5N6OS. The number of halogens is 5. The van der Waals surface area contributed by atoms with E-state index in [-0.39, 0.29) is 45.1 Å². The van der Waals surface area contributed by atoms with Crippen molar-refractivity contribution in [2.45, 2.75) is 54.5 Å². The van der Waals surface area contributed by atoms with E-state index in [1.54, 1.807) is 42.2 Å². The number of alkyl halides is 4. The summed E-state index contributed by atoms with van der Waals surface area (Å²) in [6, 6.07) is 8.03. The van der Waals surface area contributed by atoms with Crippen molar-refractivity contribution in [1.29, 1.82) is 0 Å². The SMILES string of the molecule is Cc1cc(Nc2nc(Sc3ccc(CC(=O)CC(F)(F)F)cc3)nc(N3CC(F)(C4CC4)C3)c2F)n[nH]1.[HH].[HH]. The first-order valence-electron chi connectivity index (χ1n) is 11.6. The number of H-pyrrole nitrogens is 1. The summed E-state index contributed by atoms with van der Waals surface area (Å²) in [6.07, 6.45) is -4.68. The molecule has 2 aromatic heterocycles. The van der Waals surface area contributed by atoms with Gasteiger partial charge in [-0.25, -0.2) is 14.4 Å². The average Bonchev–Trinajstić information content (AvgIpc) is 3.56. The van der Waals surface area contributed by atoms with Gasteiger partial charge in [-0.15, -0.1) is 0 Å². The molecule has 37 heavy (non-hydrogen) atoms. The standard InChI is InChI=1S/C24H23F5N6OS.2H2/c1-13-8-18(34-33-13)30-20-19(25)21(35-11-23(26,12-35)15-4-5-15)32-22(31-20)37-17-6-2-14(3-7-17)9-16(36)10-24(27,28)29;;/h2-3,6-8,15H,4-5,9-12H2,1H3,(H2,30,31,32,33,34);2*1H. The molecule has 3 heterocycles. The van der Waals surface area contributed by atoms with E-state index in [0.29, 0.717) is 16.3 Å². The maximum Gasteiger partial charge on any atom is 0.395 e. The number of hydrogen-bond donors (Lipinski definition) is 2. The third-order valence-corrected chi connectivity index (χ3v) is 7.09. The number of anilines is 3. The fourth-order valence-electron chi connectivity index (χ4n) is 4.25. The molecule has 2 aliphatic rings. The highest BCUT2D eigenvalue weighted by Gasteiger charge is 2.55. The van der Waals surface area contributed by atoms with Gasteiger partial charge in [0.2, 0.25) is 5.82 Å². The number of Topliss-reactive ketones (excluding diaryl/α,β-unsaturated/α-hetero) is 1. The van der Waals surface area contributed by atoms with Gasteiger partial charge in [-0.05, 0) is 55.1 Å². The number of aromatic amines is 1. The molecule has 7 nitrogen and oxygen atoms in total. The van der Waals surface area contributed by atoms with Gasteiger partial charge in [0.25, 0.3) is 0 Å². The van der Waals surface area contributed by atoms with Gasteiger partial charge in [-0.2, -0.15) is 22.7 Å². The third kappa shape index (κ3) is 6.03. The summed E-state index contributed by atoms with van der Waals surface area (Å²) in [5.41, 5.74) is -0.137. The van der Waals surface area contributed by atoms with Crippen LogP contribution in [0.5, 0.6) is 0 Å². The molecule has 0 bridgehead atoms. The number of nitrogens with one attached hydrogen (secondary N) is 2.